The molecule has 5 nitrogen and oxygen atoms in total. The minimum Gasteiger partial charge on any atom is -0.472 e. The number of anilines is 1. The first kappa shape index (κ1) is 14.1. The van der Waals surface area contributed by atoms with Crippen LogP contribution in [0.4, 0.5) is 9.93 Å². The SMILES string of the molecule is CC(C)(C)OC(=O)Nc1nc(-c2ccoc2)c(Br)s1. The fraction of sp³-hybridized carbons (Fsp3) is 0.333. The Kier molecular flexibility index (Phi) is 3.96. The van der Waals surface area contributed by atoms with Gasteiger partial charge in [0.25, 0.3) is 0 Å². The number of rotatable bonds is 2. The first-order chi connectivity index (χ1) is 8.85. The minimum atomic E-state index is -0.536. The summed E-state index contributed by atoms with van der Waals surface area (Å²) in [4.78, 5) is 16.0. The van der Waals surface area contributed by atoms with Crippen molar-refractivity contribution in [1.29, 1.82) is 0 Å². The second kappa shape index (κ2) is 5.34. The predicted molar refractivity (Wildman–Crippen MR) is 77.4 cm³/mol. The second-order valence-electron chi connectivity index (χ2n) is 4.78. The molecular weight excluding hydrogens is 332 g/mol. The van der Waals surface area contributed by atoms with E-state index in [0.29, 0.717) is 5.13 Å². The number of furan rings is 1. The first-order valence-corrected chi connectivity index (χ1v) is 7.15. The Morgan fingerprint density at radius 3 is 2.84 bits per heavy atom. The number of thiazole rings is 1. The highest BCUT2D eigenvalue weighted by Crippen LogP contribution is 2.35. The van der Waals surface area contributed by atoms with Crippen LogP contribution in [-0.2, 0) is 4.74 Å². The molecule has 102 valence electrons. The van der Waals surface area contributed by atoms with Gasteiger partial charge in [-0.05, 0) is 42.8 Å². The topological polar surface area (TPSA) is 64.4 Å². The van der Waals surface area contributed by atoms with E-state index in [4.69, 9.17) is 9.15 Å². The van der Waals surface area contributed by atoms with E-state index in [0.717, 1.165) is 15.0 Å². The van der Waals surface area contributed by atoms with Gasteiger partial charge in [-0.3, -0.25) is 5.32 Å². The van der Waals surface area contributed by atoms with Crippen molar-refractivity contribution in [2.24, 2.45) is 0 Å². The largest absolute Gasteiger partial charge is 0.472 e. The lowest BCUT2D eigenvalue weighted by atomic mass is 10.2. The molecule has 0 radical (unpaired) electrons. The van der Waals surface area contributed by atoms with Crippen LogP contribution in [0.25, 0.3) is 11.3 Å². The third kappa shape index (κ3) is 3.81. The zero-order valence-corrected chi connectivity index (χ0v) is 13.1. The summed E-state index contributed by atoms with van der Waals surface area (Å²) in [6.07, 6.45) is 2.64. The molecule has 0 aliphatic carbocycles. The zero-order valence-electron chi connectivity index (χ0n) is 10.7. The van der Waals surface area contributed by atoms with Crippen LogP contribution >= 0.6 is 27.3 Å². The number of amides is 1. The summed E-state index contributed by atoms with van der Waals surface area (Å²) in [5, 5.41) is 3.08. The summed E-state index contributed by atoms with van der Waals surface area (Å²) in [6.45, 7) is 5.42. The van der Waals surface area contributed by atoms with Gasteiger partial charge in [0.05, 0.1) is 16.3 Å². The van der Waals surface area contributed by atoms with E-state index in [9.17, 15) is 4.79 Å². The lowest BCUT2D eigenvalue weighted by Crippen LogP contribution is -2.27. The van der Waals surface area contributed by atoms with E-state index in [-0.39, 0.29) is 0 Å². The molecule has 7 heteroatoms. The molecule has 0 fully saturated rings. The van der Waals surface area contributed by atoms with Crippen molar-refractivity contribution in [2.45, 2.75) is 26.4 Å². The Morgan fingerprint density at radius 1 is 1.53 bits per heavy atom. The summed E-state index contributed by atoms with van der Waals surface area (Å²) in [5.41, 5.74) is 1.04. The van der Waals surface area contributed by atoms with E-state index in [1.807, 2.05) is 0 Å². The monoisotopic (exact) mass is 344 g/mol. The Hall–Kier alpha value is -1.34. The maximum Gasteiger partial charge on any atom is 0.413 e. The molecule has 0 saturated carbocycles. The molecule has 0 bridgehead atoms. The molecule has 19 heavy (non-hydrogen) atoms. The van der Waals surface area contributed by atoms with E-state index in [2.05, 4.69) is 26.2 Å². The highest BCUT2D eigenvalue weighted by molar-refractivity contribution is 9.11. The molecule has 1 N–H and O–H groups in total. The van der Waals surface area contributed by atoms with Crippen molar-refractivity contribution >= 4 is 38.5 Å². The van der Waals surface area contributed by atoms with Crippen LogP contribution in [0.1, 0.15) is 20.8 Å². The van der Waals surface area contributed by atoms with Crippen LogP contribution < -0.4 is 5.32 Å². The third-order valence-corrected chi connectivity index (χ3v) is 3.61. The quantitative estimate of drug-likeness (QED) is 0.870. The van der Waals surface area contributed by atoms with Crippen molar-refractivity contribution in [3.05, 3.63) is 22.4 Å². The first-order valence-electron chi connectivity index (χ1n) is 5.54. The Balaban J connectivity index is 2.11. The van der Waals surface area contributed by atoms with Crippen molar-refractivity contribution < 1.29 is 13.9 Å². The van der Waals surface area contributed by atoms with Gasteiger partial charge >= 0.3 is 6.09 Å². The van der Waals surface area contributed by atoms with Gasteiger partial charge in [0.15, 0.2) is 5.13 Å². The number of halogens is 1. The molecule has 2 heterocycles. The standard InChI is InChI=1S/C12H13BrN2O3S/c1-12(2,3)18-11(16)15-10-14-8(9(13)19-10)7-4-5-17-6-7/h4-6H,1-3H3,(H,14,15,16). The molecule has 0 aliphatic heterocycles. The van der Waals surface area contributed by atoms with Crippen LogP contribution in [0, 0.1) is 0 Å². The predicted octanol–water partition coefficient (Wildman–Crippen LogP) is 4.51. The number of carbonyl (C=O) groups is 1. The lowest BCUT2D eigenvalue weighted by molar-refractivity contribution is 0.0636. The Labute approximate surface area is 123 Å². The average molecular weight is 345 g/mol. The fourth-order valence-electron chi connectivity index (χ4n) is 1.32. The van der Waals surface area contributed by atoms with Crippen LogP contribution in [0.2, 0.25) is 0 Å². The summed E-state index contributed by atoms with van der Waals surface area (Å²) in [5.74, 6) is 0. The molecule has 0 spiro atoms. The molecule has 0 aliphatic rings. The number of hydrogen-bond donors (Lipinski definition) is 1. The number of nitrogens with zero attached hydrogens (tertiary/aromatic N) is 1. The molecule has 0 unspecified atom stereocenters. The van der Waals surface area contributed by atoms with E-state index >= 15 is 0 Å². The van der Waals surface area contributed by atoms with Crippen LogP contribution in [0.5, 0.6) is 0 Å². The van der Waals surface area contributed by atoms with Gasteiger partial charge in [-0.15, -0.1) is 0 Å². The number of carbonyl (C=O) groups excluding carboxylic acids is 1. The number of ether oxygens (including phenoxy) is 1. The maximum atomic E-state index is 11.6. The summed E-state index contributed by atoms with van der Waals surface area (Å²) in [6, 6.07) is 1.80. The van der Waals surface area contributed by atoms with E-state index in [1.165, 1.54) is 11.3 Å². The van der Waals surface area contributed by atoms with Gasteiger partial charge in [0.1, 0.15) is 11.3 Å². The van der Waals surface area contributed by atoms with Crippen molar-refractivity contribution in [3.63, 3.8) is 0 Å². The highest BCUT2D eigenvalue weighted by Gasteiger charge is 2.19. The lowest BCUT2D eigenvalue weighted by Gasteiger charge is -2.18. The second-order valence-corrected chi connectivity index (χ2v) is 7.10. The molecule has 1 amide bonds. The van der Waals surface area contributed by atoms with E-state index < -0.39 is 11.7 Å². The summed E-state index contributed by atoms with van der Waals surface area (Å²) >= 11 is 4.73. The number of hydrogen-bond acceptors (Lipinski definition) is 5. The Bertz CT molecular complexity index is 572. The smallest absolute Gasteiger partial charge is 0.413 e. The normalized spacial score (nSPS) is 11.4. The maximum absolute atomic E-state index is 11.6. The molecular formula is C12H13BrN2O3S. The van der Waals surface area contributed by atoms with Gasteiger partial charge in [-0.2, -0.15) is 0 Å². The number of aromatic nitrogens is 1. The summed E-state index contributed by atoms with van der Waals surface area (Å²) in [7, 11) is 0. The van der Waals surface area contributed by atoms with Gasteiger partial charge in [-0.25, -0.2) is 9.78 Å². The van der Waals surface area contributed by atoms with Gasteiger partial charge in [0, 0.05) is 5.56 Å². The molecule has 0 saturated heterocycles. The Morgan fingerprint density at radius 2 is 2.26 bits per heavy atom. The van der Waals surface area contributed by atoms with Crippen molar-refractivity contribution in [1.82, 2.24) is 4.98 Å². The molecule has 2 aromatic heterocycles. The number of nitrogens with one attached hydrogen (secondary N) is 1. The van der Waals surface area contributed by atoms with Gasteiger partial charge in [0.2, 0.25) is 0 Å². The van der Waals surface area contributed by atoms with Gasteiger partial charge < -0.3 is 9.15 Å². The average Bonchev–Trinajstić information content (AvgIpc) is 2.84. The molecule has 2 aromatic rings. The van der Waals surface area contributed by atoms with Crippen molar-refractivity contribution in [2.75, 3.05) is 5.32 Å². The van der Waals surface area contributed by atoms with Crippen molar-refractivity contribution in [3.8, 4) is 11.3 Å². The minimum absolute atomic E-state index is 0.470. The van der Waals surface area contributed by atoms with Gasteiger partial charge in [-0.1, -0.05) is 11.3 Å². The zero-order chi connectivity index (χ0) is 14.0. The fourth-order valence-corrected chi connectivity index (χ4v) is 2.80. The van der Waals surface area contributed by atoms with Crippen LogP contribution in [0.15, 0.2) is 26.8 Å². The molecule has 0 atom stereocenters. The third-order valence-electron chi connectivity index (χ3n) is 1.99. The molecule has 2 rings (SSSR count). The van der Waals surface area contributed by atoms with E-state index in [1.54, 1.807) is 39.4 Å². The summed E-state index contributed by atoms with van der Waals surface area (Å²) < 4.78 is 11.0. The molecule has 0 aromatic carbocycles. The van der Waals surface area contributed by atoms with Crippen LogP contribution in [0.3, 0.4) is 0 Å². The van der Waals surface area contributed by atoms with Crippen LogP contribution in [-0.4, -0.2) is 16.7 Å². The highest BCUT2D eigenvalue weighted by atomic mass is 79.9.